The van der Waals surface area contributed by atoms with Crippen molar-refractivity contribution in [1.29, 1.82) is 5.26 Å². The molecule has 2 rings (SSSR count). The second-order valence-electron chi connectivity index (χ2n) is 4.64. The molecular formula is C13H15FN2O3S. The van der Waals surface area contributed by atoms with Crippen LogP contribution in [0.25, 0.3) is 0 Å². The fourth-order valence-corrected chi connectivity index (χ4v) is 3.33. The first-order chi connectivity index (χ1) is 9.54. The van der Waals surface area contributed by atoms with Crippen LogP contribution < -0.4 is 4.72 Å². The van der Waals surface area contributed by atoms with E-state index in [0.29, 0.717) is 25.6 Å². The van der Waals surface area contributed by atoms with E-state index in [1.807, 2.05) is 0 Å². The Morgan fingerprint density at radius 1 is 1.50 bits per heavy atom. The van der Waals surface area contributed by atoms with Crippen LogP contribution in [0.1, 0.15) is 18.4 Å². The van der Waals surface area contributed by atoms with Gasteiger partial charge in [-0.3, -0.25) is 0 Å². The Bertz CT molecular complexity index is 619. The van der Waals surface area contributed by atoms with Gasteiger partial charge in [-0.1, -0.05) is 6.07 Å². The van der Waals surface area contributed by atoms with Crippen LogP contribution in [0, 0.1) is 23.1 Å². The second-order valence-corrected chi connectivity index (χ2v) is 6.38. The molecule has 1 saturated heterocycles. The molecule has 1 fully saturated rings. The second kappa shape index (κ2) is 6.31. The molecular weight excluding hydrogens is 283 g/mol. The fourth-order valence-electron chi connectivity index (χ4n) is 2.12. The van der Waals surface area contributed by atoms with Gasteiger partial charge in [0.15, 0.2) is 0 Å². The number of rotatable bonds is 5. The highest BCUT2D eigenvalue weighted by molar-refractivity contribution is 7.89. The Labute approximate surface area is 117 Å². The van der Waals surface area contributed by atoms with Gasteiger partial charge in [0.1, 0.15) is 22.3 Å². The largest absolute Gasteiger partial charge is 0.381 e. The van der Waals surface area contributed by atoms with Gasteiger partial charge in [0.25, 0.3) is 0 Å². The quantitative estimate of drug-likeness (QED) is 0.891. The molecule has 1 aromatic rings. The zero-order valence-electron chi connectivity index (χ0n) is 10.8. The van der Waals surface area contributed by atoms with Crippen molar-refractivity contribution in [1.82, 2.24) is 4.72 Å². The first-order valence-electron chi connectivity index (χ1n) is 6.30. The molecule has 0 radical (unpaired) electrons. The number of ether oxygens (including phenoxy) is 1. The van der Waals surface area contributed by atoms with Gasteiger partial charge in [-0.05, 0) is 30.9 Å². The lowest BCUT2D eigenvalue weighted by atomic mass is 10.1. The van der Waals surface area contributed by atoms with Crippen LogP contribution in [-0.4, -0.2) is 28.2 Å². The van der Waals surface area contributed by atoms with E-state index in [9.17, 15) is 12.8 Å². The number of halogens is 1. The lowest BCUT2D eigenvalue weighted by molar-refractivity contribution is 0.184. The summed E-state index contributed by atoms with van der Waals surface area (Å²) in [5, 5.41) is 8.86. The molecule has 0 amide bonds. The third-order valence-electron chi connectivity index (χ3n) is 3.25. The topological polar surface area (TPSA) is 79.2 Å². The highest BCUT2D eigenvalue weighted by Gasteiger charge is 2.22. The SMILES string of the molecule is N#Cc1c(F)cccc1S(=O)(=O)NCCC1CCOC1. The van der Waals surface area contributed by atoms with Crippen molar-refractivity contribution < 1.29 is 17.5 Å². The number of nitrogens with zero attached hydrogens (tertiary/aromatic N) is 1. The molecule has 1 aliphatic heterocycles. The molecule has 0 aromatic heterocycles. The number of benzene rings is 1. The smallest absolute Gasteiger partial charge is 0.241 e. The van der Waals surface area contributed by atoms with Gasteiger partial charge in [0.05, 0.1) is 0 Å². The number of hydrogen-bond donors (Lipinski definition) is 1. The Balaban J connectivity index is 2.06. The normalized spacial score (nSPS) is 18.9. The van der Waals surface area contributed by atoms with Gasteiger partial charge < -0.3 is 4.74 Å². The van der Waals surface area contributed by atoms with E-state index in [0.717, 1.165) is 12.5 Å². The predicted molar refractivity (Wildman–Crippen MR) is 69.8 cm³/mol. The zero-order valence-corrected chi connectivity index (χ0v) is 11.6. The van der Waals surface area contributed by atoms with Crippen molar-refractivity contribution in [3.8, 4) is 6.07 Å². The molecule has 108 valence electrons. The van der Waals surface area contributed by atoms with E-state index >= 15 is 0 Å². The predicted octanol–water partition coefficient (Wildman–Crippen LogP) is 1.40. The minimum Gasteiger partial charge on any atom is -0.381 e. The number of nitrogens with one attached hydrogen (secondary N) is 1. The molecule has 0 aliphatic carbocycles. The molecule has 1 N–H and O–H groups in total. The van der Waals surface area contributed by atoms with Gasteiger partial charge in [0.2, 0.25) is 10.0 Å². The molecule has 7 heteroatoms. The first kappa shape index (κ1) is 14.9. The minimum absolute atomic E-state index is 0.248. The van der Waals surface area contributed by atoms with Crippen molar-refractivity contribution in [2.75, 3.05) is 19.8 Å². The molecule has 20 heavy (non-hydrogen) atoms. The minimum atomic E-state index is -3.87. The maximum Gasteiger partial charge on any atom is 0.241 e. The highest BCUT2D eigenvalue weighted by atomic mass is 32.2. The summed E-state index contributed by atoms with van der Waals surface area (Å²) in [5.41, 5.74) is -0.454. The van der Waals surface area contributed by atoms with Crippen molar-refractivity contribution in [2.45, 2.75) is 17.7 Å². The Morgan fingerprint density at radius 2 is 2.30 bits per heavy atom. The number of nitriles is 1. The van der Waals surface area contributed by atoms with Crippen LogP contribution >= 0.6 is 0 Å². The van der Waals surface area contributed by atoms with E-state index in [4.69, 9.17) is 10.00 Å². The lowest BCUT2D eigenvalue weighted by Crippen LogP contribution is -2.27. The molecule has 1 unspecified atom stereocenters. The van der Waals surface area contributed by atoms with Gasteiger partial charge in [-0.2, -0.15) is 5.26 Å². The van der Waals surface area contributed by atoms with Crippen molar-refractivity contribution in [3.05, 3.63) is 29.6 Å². The van der Waals surface area contributed by atoms with Crippen molar-refractivity contribution in [2.24, 2.45) is 5.92 Å². The van der Waals surface area contributed by atoms with E-state index in [1.165, 1.54) is 12.1 Å². The van der Waals surface area contributed by atoms with E-state index in [1.54, 1.807) is 6.07 Å². The van der Waals surface area contributed by atoms with Crippen LogP contribution in [0.5, 0.6) is 0 Å². The summed E-state index contributed by atoms with van der Waals surface area (Å²) in [5.74, 6) is -0.486. The fraction of sp³-hybridized carbons (Fsp3) is 0.462. The van der Waals surface area contributed by atoms with Crippen LogP contribution in [-0.2, 0) is 14.8 Å². The average molecular weight is 298 g/mol. The van der Waals surface area contributed by atoms with E-state index < -0.39 is 21.4 Å². The van der Waals surface area contributed by atoms with Gasteiger partial charge in [-0.15, -0.1) is 0 Å². The summed E-state index contributed by atoms with van der Waals surface area (Å²) >= 11 is 0. The number of sulfonamides is 1. The van der Waals surface area contributed by atoms with Gasteiger partial charge in [0, 0.05) is 19.8 Å². The third kappa shape index (κ3) is 3.33. The molecule has 1 atom stereocenters. The standard InChI is InChI=1S/C13H15FN2O3S/c14-12-2-1-3-13(11(12)8-15)20(17,18)16-6-4-10-5-7-19-9-10/h1-3,10,16H,4-7,9H2. The molecule has 0 spiro atoms. The monoisotopic (exact) mass is 298 g/mol. The van der Waals surface area contributed by atoms with Crippen LogP contribution in [0.3, 0.4) is 0 Å². The van der Waals surface area contributed by atoms with E-state index in [-0.39, 0.29) is 11.4 Å². The molecule has 0 saturated carbocycles. The van der Waals surface area contributed by atoms with Crippen LogP contribution in [0.15, 0.2) is 23.1 Å². The summed E-state index contributed by atoms with van der Waals surface area (Å²) in [6.07, 6.45) is 1.58. The van der Waals surface area contributed by atoms with E-state index in [2.05, 4.69) is 4.72 Å². The summed E-state index contributed by atoms with van der Waals surface area (Å²) in [4.78, 5) is -0.317. The maximum atomic E-state index is 13.4. The highest BCUT2D eigenvalue weighted by Crippen LogP contribution is 2.19. The lowest BCUT2D eigenvalue weighted by Gasteiger charge is -2.10. The summed E-state index contributed by atoms with van der Waals surface area (Å²) in [7, 11) is -3.87. The van der Waals surface area contributed by atoms with Crippen LogP contribution in [0.4, 0.5) is 4.39 Å². The summed E-state index contributed by atoms with van der Waals surface area (Å²) in [6.45, 7) is 1.60. The maximum absolute atomic E-state index is 13.4. The first-order valence-corrected chi connectivity index (χ1v) is 7.79. The Kier molecular flexibility index (Phi) is 4.70. The third-order valence-corrected chi connectivity index (χ3v) is 4.75. The summed E-state index contributed by atoms with van der Waals surface area (Å²) < 4.78 is 45.2. The van der Waals surface area contributed by atoms with Crippen molar-refractivity contribution >= 4 is 10.0 Å². The number of hydrogen-bond acceptors (Lipinski definition) is 4. The molecule has 1 heterocycles. The average Bonchev–Trinajstić information content (AvgIpc) is 2.91. The van der Waals surface area contributed by atoms with Crippen LogP contribution in [0.2, 0.25) is 0 Å². The van der Waals surface area contributed by atoms with Gasteiger partial charge >= 0.3 is 0 Å². The molecule has 0 bridgehead atoms. The zero-order chi connectivity index (χ0) is 14.6. The Hall–Kier alpha value is -1.49. The Morgan fingerprint density at radius 3 is 2.95 bits per heavy atom. The van der Waals surface area contributed by atoms with Gasteiger partial charge in [-0.25, -0.2) is 17.5 Å². The molecule has 1 aliphatic rings. The molecule has 1 aromatic carbocycles. The van der Waals surface area contributed by atoms with Crippen molar-refractivity contribution in [3.63, 3.8) is 0 Å². The summed E-state index contributed by atoms with van der Waals surface area (Å²) in [6, 6.07) is 5.15. The molecule has 5 nitrogen and oxygen atoms in total.